The molecule has 1 aromatic heterocycles. The SMILES string of the molecule is Cc1cc(C)n(CCN2CCN(C(=O)CSCc3ccccc3)CC2)n1. The number of aryl methyl sites for hydroxylation is 2. The highest BCUT2D eigenvalue weighted by molar-refractivity contribution is 7.99. The highest BCUT2D eigenvalue weighted by Gasteiger charge is 2.20. The third-order valence-corrected chi connectivity index (χ3v) is 5.78. The molecule has 6 heteroatoms. The smallest absolute Gasteiger partial charge is 0.232 e. The highest BCUT2D eigenvalue weighted by Crippen LogP contribution is 2.13. The summed E-state index contributed by atoms with van der Waals surface area (Å²) < 4.78 is 2.08. The zero-order valence-electron chi connectivity index (χ0n) is 15.7. The maximum absolute atomic E-state index is 12.4. The summed E-state index contributed by atoms with van der Waals surface area (Å²) in [5.74, 6) is 1.74. The second kappa shape index (κ2) is 9.24. The summed E-state index contributed by atoms with van der Waals surface area (Å²) in [6.45, 7) is 9.62. The summed E-state index contributed by atoms with van der Waals surface area (Å²) in [7, 11) is 0. The molecule has 0 N–H and O–H groups in total. The predicted octanol–water partition coefficient (Wildman–Crippen LogP) is 2.58. The van der Waals surface area contributed by atoms with Gasteiger partial charge in [0.05, 0.1) is 18.0 Å². The van der Waals surface area contributed by atoms with Crippen molar-refractivity contribution in [2.45, 2.75) is 26.1 Å². The van der Waals surface area contributed by atoms with Gasteiger partial charge in [0, 0.05) is 44.2 Å². The molecule has 3 rings (SSSR count). The maximum atomic E-state index is 12.4. The third-order valence-electron chi connectivity index (χ3n) is 4.79. The summed E-state index contributed by atoms with van der Waals surface area (Å²) >= 11 is 1.70. The van der Waals surface area contributed by atoms with E-state index in [1.54, 1.807) is 11.8 Å². The van der Waals surface area contributed by atoms with E-state index in [0.717, 1.165) is 50.7 Å². The van der Waals surface area contributed by atoms with Gasteiger partial charge in [-0.25, -0.2) is 0 Å². The Hall–Kier alpha value is -1.79. The number of piperazine rings is 1. The van der Waals surface area contributed by atoms with Crippen LogP contribution in [0, 0.1) is 13.8 Å². The zero-order chi connectivity index (χ0) is 18.4. The number of aromatic nitrogens is 2. The van der Waals surface area contributed by atoms with Gasteiger partial charge in [-0.2, -0.15) is 5.10 Å². The molecule has 0 radical (unpaired) electrons. The number of nitrogens with zero attached hydrogens (tertiary/aromatic N) is 4. The van der Waals surface area contributed by atoms with E-state index in [1.807, 2.05) is 30.0 Å². The fraction of sp³-hybridized carbons (Fsp3) is 0.500. The standard InChI is InChI=1S/C20H28N4OS/c1-17-14-18(2)24(21-17)13-10-22-8-11-23(12-9-22)20(25)16-26-15-19-6-4-3-5-7-19/h3-7,14H,8-13,15-16H2,1-2H3. The van der Waals surface area contributed by atoms with Crippen molar-refractivity contribution < 1.29 is 4.79 Å². The molecule has 26 heavy (non-hydrogen) atoms. The molecule has 2 heterocycles. The Bertz CT molecular complexity index is 708. The van der Waals surface area contributed by atoms with Crippen molar-refractivity contribution in [2.24, 2.45) is 0 Å². The Morgan fingerprint density at radius 3 is 2.46 bits per heavy atom. The van der Waals surface area contributed by atoms with Crippen molar-refractivity contribution in [3.8, 4) is 0 Å². The van der Waals surface area contributed by atoms with E-state index in [0.29, 0.717) is 5.75 Å². The number of hydrogen-bond donors (Lipinski definition) is 0. The molecule has 1 aliphatic rings. The Morgan fingerprint density at radius 1 is 1.08 bits per heavy atom. The monoisotopic (exact) mass is 372 g/mol. The Morgan fingerprint density at radius 2 is 1.81 bits per heavy atom. The van der Waals surface area contributed by atoms with Gasteiger partial charge in [0.1, 0.15) is 0 Å². The van der Waals surface area contributed by atoms with Gasteiger partial charge < -0.3 is 4.90 Å². The lowest BCUT2D eigenvalue weighted by Crippen LogP contribution is -2.49. The molecule has 2 aromatic rings. The first kappa shape index (κ1) is 19.0. The number of carbonyl (C=O) groups excluding carboxylic acids is 1. The van der Waals surface area contributed by atoms with Crippen molar-refractivity contribution in [3.63, 3.8) is 0 Å². The molecule has 1 saturated heterocycles. The molecule has 0 saturated carbocycles. The number of rotatable bonds is 7. The van der Waals surface area contributed by atoms with E-state index in [2.05, 4.69) is 39.8 Å². The minimum Gasteiger partial charge on any atom is -0.339 e. The van der Waals surface area contributed by atoms with Crippen molar-refractivity contribution in [3.05, 3.63) is 53.3 Å². The van der Waals surface area contributed by atoms with Crippen LogP contribution in [0.4, 0.5) is 0 Å². The highest BCUT2D eigenvalue weighted by atomic mass is 32.2. The van der Waals surface area contributed by atoms with Crippen LogP contribution >= 0.6 is 11.8 Å². The first-order valence-corrected chi connectivity index (χ1v) is 10.4. The number of benzene rings is 1. The minimum absolute atomic E-state index is 0.268. The molecular formula is C20H28N4OS. The fourth-order valence-corrected chi connectivity index (χ4v) is 4.17. The van der Waals surface area contributed by atoms with Crippen LogP contribution in [0.3, 0.4) is 0 Å². The zero-order valence-corrected chi connectivity index (χ0v) is 16.5. The minimum atomic E-state index is 0.268. The number of amides is 1. The predicted molar refractivity (Wildman–Crippen MR) is 107 cm³/mol. The summed E-state index contributed by atoms with van der Waals surface area (Å²) in [6.07, 6.45) is 0. The lowest BCUT2D eigenvalue weighted by atomic mass is 10.2. The summed E-state index contributed by atoms with van der Waals surface area (Å²) in [5.41, 5.74) is 3.57. The molecule has 1 aromatic carbocycles. The molecule has 0 spiro atoms. The van der Waals surface area contributed by atoms with Crippen LogP contribution in [0.1, 0.15) is 17.0 Å². The van der Waals surface area contributed by atoms with Gasteiger partial charge in [-0.05, 0) is 25.5 Å². The molecule has 140 valence electrons. The molecule has 0 unspecified atom stereocenters. The lowest BCUT2D eigenvalue weighted by Gasteiger charge is -2.34. The molecular weight excluding hydrogens is 344 g/mol. The molecule has 5 nitrogen and oxygen atoms in total. The van der Waals surface area contributed by atoms with Gasteiger partial charge in [0.15, 0.2) is 0 Å². The van der Waals surface area contributed by atoms with E-state index < -0.39 is 0 Å². The van der Waals surface area contributed by atoms with Crippen LogP contribution in [0.15, 0.2) is 36.4 Å². The third kappa shape index (κ3) is 5.35. The van der Waals surface area contributed by atoms with Crippen LogP contribution in [-0.2, 0) is 17.1 Å². The van der Waals surface area contributed by atoms with Gasteiger partial charge in [0.2, 0.25) is 5.91 Å². The molecule has 1 fully saturated rings. The van der Waals surface area contributed by atoms with Gasteiger partial charge >= 0.3 is 0 Å². The fourth-order valence-electron chi connectivity index (χ4n) is 3.28. The lowest BCUT2D eigenvalue weighted by molar-refractivity contribution is -0.130. The van der Waals surface area contributed by atoms with Gasteiger partial charge in [0.25, 0.3) is 0 Å². The van der Waals surface area contributed by atoms with Crippen LogP contribution in [0.25, 0.3) is 0 Å². The van der Waals surface area contributed by atoms with Crippen molar-refractivity contribution in [1.29, 1.82) is 0 Å². The van der Waals surface area contributed by atoms with E-state index in [-0.39, 0.29) is 5.91 Å². The van der Waals surface area contributed by atoms with Crippen LogP contribution in [-0.4, -0.2) is 64.0 Å². The van der Waals surface area contributed by atoms with Crippen molar-refractivity contribution in [1.82, 2.24) is 19.6 Å². The number of hydrogen-bond acceptors (Lipinski definition) is 4. The van der Waals surface area contributed by atoms with Crippen molar-refractivity contribution >= 4 is 17.7 Å². The summed E-state index contributed by atoms with van der Waals surface area (Å²) in [6, 6.07) is 12.4. The van der Waals surface area contributed by atoms with Crippen LogP contribution in [0.5, 0.6) is 0 Å². The van der Waals surface area contributed by atoms with Crippen LogP contribution < -0.4 is 0 Å². The average molecular weight is 373 g/mol. The van der Waals surface area contributed by atoms with Crippen LogP contribution in [0.2, 0.25) is 0 Å². The second-order valence-electron chi connectivity index (χ2n) is 6.85. The maximum Gasteiger partial charge on any atom is 0.232 e. The van der Waals surface area contributed by atoms with E-state index in [4.69, 9.17) is 0 Å². The molecule has 0 bridgehead atoms. The van der Waals surface area contributed by atoms with E-state index >= 15 is 0 Å². The summed E-state index contributed by atoms with van der Waals surface area (Å²) in [5, 5.41) is 4.52. The first-order chi connectivity index (χ1) is 12.6. The van der Waals surface area contributed by atoms with E-state index in [1.165, 1.54) is 11.3 Å². The second-order valence-corrected chi connectivity index (χ2v) is 7.84. The largest absolute Gasteiger partial charge is 0.339 e. The van der Waals surface area contributed by atoms with E-state index in [9.17, 15) is 4.79 Å². The van der Waals surface area contributed by atoms with Gasteiger partial charge in [-0.1, -0.05) is 30.3 Å². The average Bonchev–Trinajstić information content (AvgIpc) is 2.98. The van der Waals surface area contributed by atoms with Crippen molar-refractivity contribution in [2.75, 3.05) is 38.5 Å². The molecule has 0 aliphatic carbocycles. The Labute approximate surface area is 160 Å². The number of thioether (sulfide) groups is 1. The quantitative estimate of drug-likeness (QED) is 0.749. The van der Waals surface area contributed by atoms with Gasteiger partial charge in [-0.3, -0.25) is 14.4 Å². The Kier molecular flexibility index (Phi) is 6.74. The normalized spacial score (nSPS) is 15.4. The molecule has 1 amide bonds. The molecule has 1 aliphatic heterocycles. The number of carbonyl (C=O) groups is 1. The van der Waals surface area contributed by atoms with Gasteiger partial charge in [-0.15, -0.1) is 11.8 Å². The summed E-state index contributed by atoms with van der Waals surface area (Å²) in [4.78, 5) is 16.8. The topological polar surface area (TPSA) is 41.4 Å². The Balaban J connectivity index is 1.35. The molecule has 0 atom stereocenters. The first-order valence-electron chi connectivity index (χ1n) is 9.24.